The Morgan fingerprint density at radius 3 is 2.50 bits per heavy atom. The van der Waals surface area contributed by atoms with Gasteiger partial charge in [0.15, 0.2) is 0 Å². The van der Waals surface area contributed by atoms with E-state index in [1.165, 1.54) is 26.3 Å². The molecule has 0 aliphatic heterocycles. The van der Waals surface area contributed by atoms with Crippen molar-refractivity contribution in [2.45, 2.75) is 57.8 Å². The molecule has 3 N–H and O–H groups in total. The molecular formula is C33H38ClN3O7. The number of amides is 3. The lowest BCUT2D eigenvalue weighted by Crippen LogP contribution is -2.47. The Labute approximate surface area is 262 Å². The molecule has 10 nitrogen and oxygen atoms in total. The summed E-state index contributed by atoms with van der Waals surface area (Å²) in [5.41, 5.74) is 2.56. The molecule has 0 spiro atoms. The largest absolute Gasteiger partial charge is 0.465 e. The number of urea groups is 1. The van der Waals surface area contributed by atoms with Gasteiger partial charge in [0.2, 0.25) is 0 Å². The maximum absolute atomic E-state index is 13.4. The minimum absolute atomic E-state index is 0.0346. The number of aryl methyl sites for hydroxylation is 1. The zero-order valence-electron chi connectivity index (χ0n) is 25.5. The summed E-state index contributed by atoms with van der Waals surface area (Å²) in [6.45, 7) is 5.45. The average Bonchev–Trinajstić information content (AvgIpc) is 2.97. The molecule has 3 amide bonds. The number of rotatable bonds is 8. The topological polar surface area (TPSA) is 126 Å². The first-order valence-corrected chi connectivity index (χ1v) is 14.7. The Morgan fingerprint density at radius 1 is 1.05 bits per heavy atom. The van der Waals surface area contributed by atoms with Crippen molar-refractivity contribution in [1.29, 1.82) is 0 Å². The van der Waals surface area contributed by atoms with Gasteiger partial charge in [0.25, 0.3) is 0 Å². The number of ether oxygens (including phenoxy) is 3. The van der Waals surface area contributed by atoms with Crippen molar-refractivity contribution >= 4 is 35.4 Å². The van der Waals surface area contributed by atoms with Crippen molar-refractivity contribution in [3.63, 3.8) is 0 Å². The van der Waals surface area contributed by atoms with Gasteiger partial charge < -0.3 is 34.9 Å². The van der Waals surface area contributed by atoms with Crippen LogP contribution in [0.4, 0.5) is 15.3 Å². The van der Waals surface area contributed by atoms with E-state index in [1.54, 1.807) is 56.0 Å². The molecule has 0 unspecified atom stereocenters. The van der Waals surface area contributed by atoms with Crippen LogP contribution in [0.1, 0.15) is 60.3 Å². The second-order valence-electron chi connectivity index (χ2n) is 11.6. The maximum atomic E-state index is 13.4. The average molecular weight is 624 g/mol. The maximum Gasteiger partial charge on any atom is 0.410 e. The number of aliphatic hydroxyl groups excluding tert-OH is 1. The van der Waals surface area contributed by atoms with Crippen molar-refractivity contribution < 1.29 is 33.7 Å². The van der Waals surface area contributed by atoms with Gasteiger partial charge >= 0.3 is 18.1 Å². The molecule has 3 aromatic carbocycles. The highest BCUT2D eigenvalue weighted by molar-refractivity contribution is 6.30. The number of nitrogens with one attached hydrogen (secondary N) is 2. The van der Waals surface area contributed by atoms with Gasteiger partial charge in [-0.05, 0) is 93.1 Å². The fraction of sp³-hybridized carbons (Fsp3) is 0.364. The molecule has 0 saturated heterocycles. The fourth-order valence-corrected chi connectivity index (χ4v) is 5.24. The molecule has 44 heavy (non-hydrogen) atoms. The molecule has 0 aromatic heterocycles. The van der Waals surface area contributed by atoms with Crippen LogP contribution in [-0.4, -0.2) is 60.4 Å². The predicted molar refractivity (Wildman–Crippen MR) is 168 cm³/mol. The molecule has 0 radical (unpaired) electrons. The summed E-state index contributed by atoms with van der Waals surface area (Å²) in [6.07, 6.45) is 0.446. The number of hydrogen-bond acceptors (Lipinski definition) is 7. The van der Waals surface area contributed by atoms with Crippen LogP contribution in [0.5, 0.6) is 11.5 Å². The fourth-order valence-electron chi connectivity index (χ4n) is 5.04. The molecule has 3 aromatic rings. The lowest BCUT2D eigenvalue weighted by molar-refractivity contribution is 0.00194. The third-order valence-electron chi connectivity index (χ3n) is 7.10. The Bertz CT molecular complexity index is 1520. The number of aliphatic hydroxyl groups is 1. The van der Waals surface area contributed by atoms with Crippen LogP contribution >= 0.6 is 11.6 Å². The standard InChI is InChI=1S/C33H38ClN3O7/c1-33(2,3)44-32(41)37(19-29(38)21-7-6-8-24(34)13-21)26-11-9-20-10-12-27(16-22(20)15-26)43-28-17-23(30(39)42-5)14-25(18-28)36-31(40)35-4/h6-8,10,12-14,16-18,26,29,38H,9,11,15,19H2,1-5H3,(H2,35,36,40)/t26-,29-/m0/s1. The normalized spacial score (nSPS) is 14.9. The van der Waals surface area contributed by atoms with Gasteiger partial charge in [0.05, 0.1) is 25.3 Å². The SMILES string of the molecule is CNC(=O)Nc1cc(Oc2ccc3c(c2)C[C@@H](N(C[C@H](O)c2cccc(Cl)c2)C(=O)OC(C)(C)C)CC3)cc(C(=O)OC)c1. The van der Waals surface area contributed by atoms with Gasteiger partial charge in [0, 0.05) is 29.9 Å². The van der Waals surface area contributed by atoms with E-state index in [0.29, 0.717) is 47.0 Å². The summed E-state index contributed by atoms with van der Waals surface area (Å²) < 4.78 is 16.7. The van der Waals surface area contributed by atoms with Crippen LogP contribution < -0.4 is 15.4 Å². The number of esters is 1. The second kappa shape index (κ2) is 14.0. The molecular weight excluding hydrogens is 586 g/mol. The number of carbonyl (C=O) groups excluding carboxylic acids is 3. The molecule has 2 atom stereocenters. The van der Waals surface area contributed by atoms with E-state index < -0.39 is 29.8 Å². The number of nitrogens with zero attached hydrogens (tertiary/aromatic N) is 1. The molecule has 234 valence electrons. The summed E-state index contributed by atoms with van der Waals surface area (Å²) >= 11 is 6.15. The highest BCUT2D eigenvalue weighted by Gasteiger charge is 2.33. The van der Waals surface area contributed by atoms with Gasteiger partial charge in [-0.25, -0.2) is 14.4 Å². The quantitative estimate of drug-likeness (QED) is 0.245. The van der Waals surface area contributed by atoms with E-state index in [-0.39, 0.29) is 18.2 Å². The summed E-state index contributed by atoms with van der Waals surface area (Å²) in [5.74, 6) is 0.262. The highest BCUT2D eigenvalue weighted by atomic mass is 35.5. The van der Waals surface area contributed by atoms with Crippen LogP contribution in [0.25, 0.3) is 0 Å². The van der Waals surface area contributed by atoms with Gasteiger partial charge in [-0.3, -0.25) is 0 Å². The van der Waals surface area contributed by atoms with Crippen LogP contribution in [-0.2, 0) is 22.3 Å². The minimum atomic E-state index is -0.961. The van der Waals surface area contributed by atoms with Crippen molar-refractivity contribution in [2.75, 3.05) is 26.0 Å². The van der Waals surface area contributed by atoms with Crippen molar-refractivity contribution in [1.82, 2.24) is 10.2 Å². The Hall–Kier alpha value is -4.28. The van der Waals surface area contributed by atoms with E-state index in [9.17, 15) is 19.5 Å². The van der Waals surface area contributed by atoms with E-state index in [2.05, 4.69) is 10.6 Å². The smallest absolute Gasteiger partial charge is 0.410 e. The van der Waals surface area contributed by atoms with E-state index >= 15 is 0 Å². The van der Waals surface area contributed by atoms with Crippen LogP contribution in [0.15, 0.2) is 60.7 Å². The lowest BCUT2D eigenvalue weighted by atomic mass is 9.87. The first-order valence-electron chi connectivity index (χ1n) is 14.3. The molecule has 4 rings (SSSR count). The van der Waals surface area contributed by atoms with Gasteiger partial charge in [-0.15, -0.1) is 0 Å². The van der Waals surface area contributed by atoms with Crippen LogP contribution in [0.2, 0.25) is 5.02 Å². The summed E-state index contributed by atoms with van der Waals surface area (Å²) in [6, 6.07) is 16.6. The van der Waals surface area contributed by atoms with Crippen molar-refractivity contribution in [3.05, 3.63) is 87.9 Å². The van der Waals surface area contributed by atoms with Gasteiger partial charge in [-0.1, -0.05) is 29.8 Å². The molecule has 0 fully saturated rings. The number of hydrogen-bond donors (Lipinski definition) is 3. The molecule has 0 heterocycles. The number of carbonyl (C=O) groups is 3. The predicted octanol–water partition coefficient (Wildman–Crippen LogP) is 6.50. The van der Waals surface area contributed by atoms with Gasteiger partial charge in [0.1, 0.15) is 17.1 Å². The van der Waals surface area contributed by atoms with Crippen molar-refractivity contribution in [3.8, 4) is 11.5 Å². The Balaban J connectivity index is 1.59. The monoisotopic (exact) mass is 623 g/mol. The first-order chi connectivity index (χ1) is 20.8. The minimum Gasteiger partial charge on any atom is -0.465 e. The molecule has 1 aliphatic rings. The van der Waals surface area contributed by atoms with Gasteiger partial charge in [-0.2, -0.15) is 0 Å². The number of methoxy groups -OCH3 is 1. The third-order valence-corrected chi connectivity index (χ3v) is 7.34. The Kier molecular flexibility index (Phi) is 10.4. The first kappa shape index (κ1) is 32.6. The summed E-state index contributed by atoms with van der Waals surface area (Å²) in [5, 5.41) is 16.7. The molecule has 0 bridgehead atoms. The zero-order chi connectivity index (χ0) is 32.0. The third kappa shape index (κ3) is 8.64. The van der Waals surface area contributed by atoms with Crippen LogP contribution in [0, 0.1) is 0 Å². The number of fused-ring (bicyclic) bond motifs is 1. The summed E-state index contributed by atoms with van der Waals surface area (Å²) in [4.78, 5) is 39.2. The molecule has 1 aliphatic carbocycles. The van der Waals surface area contributed by atoms with E-state index in [0.717, 1.165) is 11.1 Å². The van der Waals surface area contributed by atoms with Crippen LogP contribution in [0.3, 0.4) is 0 Å². The molecule has 0 saturated carbocycles. The zero-order valence-corrected chi connectivity index (χ0v) is 26.2. The van der Waals surface area contributed by atoms with E-state index in [4.69, 9.17) is 25.8 Å². The number of benzene rings is 3. The lowest BCUT2D eigenvalue weighted by Gasteiger charge is -2.37. The Morgan fingerprint density at radius 2 is 1.82 bits per heavy atom. The molecule has 11 heteroatoms. The second-order valence-corrected chi connectivity index (χ2v) is 12.0. The van der Waals surface area contributed by atoms with E-state index in [1.807, 2.05) is 18.2 Å². The summed E-state index contributed by atoms with van der Waals surface area (Å²) in [7, 11) is 2.76. The highest BCUT2D eigenvalue weighted by Crippen LogP contribution is 2.33. The number of anilines is 1. The number of halogens is 1. The van der Waals surface area contributed by atoms with Crippen molar-refractivity contribution in [2.24, 2.45) is 0 Å².